The van der Waals surface area contributed by atoms with E-state index in [0.717, 1.165) is 25.3 Å². The Morgan fingerprint density at radius 3 is 2.60 bits per heavy atom. The fourth-order valence-electron chi connectivity index (χ4n) is 1.30. The quantitative estimate of drug-likeness (QED) is 0.607. The van der Waals surface area contributed by atoms with Gasteiger partial charge in [-0.1, -0.05) is 20.8 Å². The molecule has 0 rings (SSSR count). The van der Waals surface area contributed by atoms with Gasteiger partial charge in [-0.3, -0.25) is 0 Å². The highest BCUT2D eigenvalue weighted by Crippen LogP contribution is 2.11. The molecule has 1 N–H and O–H groups in total. The van der Waals surface area contributed by atoms with E-state index in [9.17, 15) is 0 Å². The zero-order valence-corrected chi connectivity index (χ0v) is 11.2. The Balaban J connectivity index is 3.64. The summed E-state index contributed by atoms with van der Waals surface area (Å²) >= 11 is 2.04. The maximum Gasteiger partial charge on any atom is 0.0167 e. The third-order valence-electron chi connectivity index (χ3n) is 2.09. The van der Waals surface area contributed by atoms with Gasteiger partial charge in [0.1, 0.15) is 0 Å². The van der Waals surface area contributed by atoms with Crippen LogP contribution in [-0.4, -0.2) is 24.1 Å². The molecule has 0 radical (unpaired) electrons. The number of hydrogen-bond donors (Lipinski definition) is 1. The van der Waals surface area contributed by atoms with Crippen molar-refractivity contribution in [3.8, 4) is 12.3 Å². The second-order valence-corrected chi connectivity index (χ2v) is 5.40. The number of rotatable bonds is 9. The molecular weight excluding hydrogens is 202 g/mol. The highest BCUT2D eigenvalue weighted by atomic mass is 32.2. The van der Waals surface area contributed by atoms with Crippen molar-refractivity contribution < 1.29 is 0 Å². The van der Waals surface area contributed by atoms with Crippen molar-refractivity contribution in [1.29, 1.82) is 0 Å². The third-order valence-corrected chi connectivity index (χ3v) is 3.63. The van der Waals surface area contributed by atoms with Crippen LogP contribution in [0.15, 0.2) is 0 Å². The first-order chi connectivity index (χ1) is 7.20. The molecule has 0 aromatic heterocycles. The van der Waals surface area contributed by atoms with Gasteiger partial charge in [0.15, 0.2) is 0 Å². The van der Waals surface area contributed by atoms with Crippen LogP contribution in [0.25, 0.3) is 0 Å². The van der Waals surface area contributed by atoms with E-state index in [1.54, 1.807) is 0 Å². The Hall–Kier alpha value is -0.130. The SMILES string of the molecule is C#CCCC(CSCC(C)C)NCCC. The molecule has 0 aliphatic carbocycles. The first-order valence-electron chi connectivity index (χ1n) is 5.95. The van der Waals surface area contributed by atoms with E-state index in [0.29, 0.717) is 6.04 Å². The molecule has 0 aliphatic heterocycles. The fourth-order valence-corrected chi connectivity index (χ4v) is 2.47. The van der Waals surface area contributed by atoms with Gasteiger partial charge in [-0.2, -0.15) is 11.8 Å². The van der Waals surface area contributed by atoms with Gasteiger partial charge in [-0.25, -0.2) is 0 Å². The van der Waals surface area contributed by atoms with Crippen molar-refractivity contribution in [3.63, 3.8) is 0 Å². The van der Waals surface area contributed by atoms with Crippen LogP contribution in [-0.2, 0) is 0 Å². The molecule has 0 saturated heterocycles. The molecule has 2 heteroatoms. The average Bonchev–Trinajstić information content (AvgIpc) is 2.20. The second kappa shape index (κ2) is 10.4. The molecule has 0 heterocycles. The maximum atomic E-state index is 5.30. The summed E-state index contributed by atoms with van der Waals surface area (Å²) < 4.78 is 0. The van der Waals surface area contributed by atoms with Gasteiger partial charge in [0.05, 0.1) is 0 Å². The standard InChI is InChI=1S/C13H25NS/c1-5-7-8-13(14-9-6-2)11-15-10-12(3)4/h1,12-14H,6-11H2,2-4H3. The lowest BCUT2D eigenvalue weighted by molar-refractivity contribution is 0.526. The van der Waals surface area contributed by atoms with Crippen LogP contribution < -0.4 is 5.32 Å². The predicted octanol–water partition coefficient (Wildman–Crippen LogP) is 3.16. The minimum absolute atomic E-state index is 0.602. The minimum Gasteiger partial charge on any atom is -0.313 e. The van der Waals surface area contributed by atoms with E-state index in [1.165, 1.54) is 17.9 Å². The number of hydrogen-bond acceptors (Lipinski definition) is 2. The predicted molar refractivity (Wildman–Crippen MR) is 72.3 cm³/mol. The number of nitrogens with one attached hydrogen (secondary N) is 1. The van der Waals surface area contributed by atoms with Crippen molar-refractivity contribution >= 4 is 11.8 Å². The van der Waals surface area contributed by atoms with Crippen LogP contribution >= 0.6 is 11.8 Å². The first kappa shape index (κ1) is 14.9. The fraction of sp³-hybridized carbons (Fsp3) is 0.846. The van der Waals surface area contributed by atoms with E-state index in [1.807, 2.05) is 11.8 Å². The summed E-state index contributed by atoms with van der Waals surface area (Å²) in [6, 6.07) is 0.602. The van der Waals surface area contributed by atoms with Crippen LogP contribution in [0.2, 0.25) is 0 Å². The summed E-state index contributed by atoms with van der Waals surface area (Å²) in [5, 5.41) is 3.56. The van der Waals surface area contributed by atoms with Gasteiger partial charge in [0, 0.05) is 18.2 Å². The van der Waals surface area contributed by atoms with Gasteiger partial charge < -0.3 is 5.32 Å². The van der Waals surface area contributed by atoms with E-state index < -0.39 is 0 Å². The zero-order valence-electron chi connectivity index (χ0n) is 10.4. The van der Waals surface area contributed by atoms with Gasteiger partial charge >= 0.3 is 0 Å². The Labute approximate surface area is 99.8 Å². The molecule has 0 saturated carbocycles. The van der Waals surface area contributed by atoms with Gasteiger partial charge in [0.2, 0.25) is 0 Å². The third kappa shape index (κ3) is 10.2. The smallest absolute Gasteiger partial charge is 0.0167 e. The molecule has 0 aliphatic rings. The molecule has 0 bridgehead atoms. The lowest BCUT2D eigenvalue weighted by atomic mass is 10.2. The Morgan fingerprint density at radius 1 is 1.33 bits per heavy atom. The summed E-state index contributed by atoms with van der Waals surface area (Å²) in [6.45, 7) is 7.84. The maximum absolute atomic E-state index is 5.30. The lowest BCUT2D eigenvalue weighted by Gasteiger charge is -2.17. The van der Waals surface area contributed by atoms with E-state index in [2.05, 4.69) is 32.0 Å². The molecule has 1 unspecified atom stereocenters. The largest absolute Gasteiger partial charge is 0.313 e. The van der Waals surface area contributed by atoms with Crippen molar-refractivity contribution in [3.05, 3.63) is 0 Å². The first-order valence-corrected chi connectivity index (χ1v) is 7.10. The highest BCUT2D eigenvalue weighted by molar-refractivity contribution is 7.99. The number of terminal acetylenes is 1. The molecule has 0 spiro atoms. The molecule has 1 nitrogen and oxygen atoms in total. The average molecular weight is 227 g/mol. The van der Waals surface area contributed by atoms with Crippen LogP contribution in [0.3, 0.4) is 0 Å². The van der Waals surface area contributed by atoms with Crippen molar-refractivity contribution in [2.45, 2.75) is 46.1 Å². The molecule has 88 valence electrons. The summed E-state index contributed by atoms with van der Waals surface area (Å²) in [4.78, 5) is 0. The van der Waals surface area contributed by atoms with Crippen LogP contribution in [0.1, 0.15) is 40.0 Å². The molecule has 0 fully saturated rings. The van der Waals surface area contributed by atoms with Crippen LogP contribution in [0.5, 0.6) is 0 Å². The van der Waals surface area contributed by atoms with E-state index in [-0.39, 0.29) is 0 Å². The Morgan fingerprint density at radius 2 is 2.07 bits per heavy atom. The Kier molecular flexibility index (Phi) is 10.3. The highest BCUT2D eigenvalue weighted by Gasteiger charge is 2.07. The normalized spacial score (nSPS) is 12.7. The molecule has 0 amide bonds. The molecule has 15 heavy (non-hydrogen) atoms. The van der Waals surface area contributed by atoms with Gasteiger partial charge in [-0.15, -0.1) is 12.3 Å². The monoisotopic (exact) mass is 227 g/mol. The summed E-state index contributed by atoms with van der Waals surface area (Å²) in [7, 11) is 0. The van der Waals surface area contributed by atoms with E-state index in [4.69, 9.17) is 6.42 Å². The zero-order chi connectivity index (χ0) is 11.5. The minimum atomic E-state index is 0.602. The van der Waals surface area contributed by atoms with Crippen molar-refractivity contribution in [1.82, 2.24) is 5.32 Å². The van der Waals surface area contributed by atoms with Gasteiger partial charge in [-0.05, 0) is 31.1 Å². The van der Waals surface area contributed by atoms with Gasteiger partial charge in [0.25, 0.3) is 0 Å². The molecular formula is C13H25NS. The van der Waals surface area contributed by atoms with E-state index >= 15 is 0 Å². The summed E-state index contributed by atoms with van der Waals surface area (Å²) in [6.07, 6.45) is 8.50. The van der Waals surface area contributed by atoms with Crippen LogP contribution in [0.4, 0.5) is 0 Å². The van der Waals surface area contributed by atoms with Crippen molar-refractivity contribution in [2.75, 3.05) is 18.1 Å². The molecule has 1 atom stereocenters. The topological polar surface area (TPSA) is 12.0 Å². The number of thioether (sulfide) groups is 1. The lowest BCUT2D eigenvalue weighted by Crippen LogP contribution is -2.32. The molecule has 0 aromatic rings. The van der Waals surface area contributed by atoms with Crippen LogP contribution in [0, 0.1) is 18.3 Å². The Bertz CT molecular complexity index is 172. The second-order valence-electron chi connectivity index (χ2n) is 4.33. The summed E-state index contributed by atoms with van der Waals surface area (Å²) in [5.74, 6) is 5.96. The summed E-state index contributed by atoms with van der Waals surface area (Å²) in [5.41, 5.74) is 0. The molecule has 0 aromatic carbocycles. The van der Waals surface area contributed by atoms with Crippen molar-refractivity contribution in [2.24, 2.45) is 5.92 Å².